The first-order valence-electron chi connectivity index (χ1n) is 11.5. The Morgan fingerprint density at radius 3 is 2.56 bits per heavy atom. The van der Waals surface area contributed by atoms with Crippen LogP contribution in [-0.2, 0) is 7.05 Å². The zero-order valence-electron chi connectivity index (χ0n) is 20.0. The fourth-order valence-corrected chi connectivity index (χ4v) is 4.02. The molecule has 176 valence electrons. The van der Waals surface area contributed by atoms with Crippen molar-refractivity contribution >= 4 is 5.71 Å². The highest BCUT2D eigenvalue weighted by Gasteiger charge is 2.19. The summed E-state index contributed by atoms with van der Waals surface area (Å²) in [7, 11) is 1.89. The Hall–Kier alpha value is -4.98. The van der Waals surface area contributed by atoms with Crippen LogP contribution in [0.2, 0.25) is 0 Å². The zero-order chi connectivity index (χ0) is 24.9. The third-order valence-electron chi connectivity index (χ3n) is 5.84. The molecule has 0 saturated carbocycles. The van der Waals surface area contributed by atoms with Crippen molar-refractivity contribution in [3.8, 4) is 33.9 Å². The highest BCUT2D eigenvalue weighted by atomic mass is 15.3. The highest BCUT2D eigenvalue weighted by Crippen LogP contribution is 2.28. The summed E-state index contributed by atoms with van der Waals surface area (Å²) in [6, 6.07) is 19.5. The lowest BCUT2D eigenvalue weighted by Crippen LogP contribution is -2.32. The number of allylic oxidation sites excluding steroid dienone is 1. The average molecular weight is 474 g/mol. The Balaban J connectivity index is 1.61. The molecule has 0 spiro atoms. The predicted molar refractivity (Wildman–Crippen MR) is 140 cm³/mol. The van der Waals surface area contributed by atoms with E-state index in [0.29, 0.717) is 11.4 Å². The Kier molecular flexibility index (Phi) is 6.40. The van der Waals surface area contributed by atoms with Gasteiger partial charge in [0.1, 0.15) is 0 Å². The second-order valence-electron chi connectivity index (χ2n) is 8.10. The number of nitrogens with two attached hydrogens (primary N) is 1. The van der Waals surface area contributed by atoms with E-state index in [1.807, 2.05) is 91.0 Å². The quantitative estimate of drug-likeness (QED) is 0.298. The molecule has 5 aromatic rings. The zero-order valence-corrected chi connectivity index (χ0v) is 20.0. The van der Waals surface area contributed by atoms with Gasteiger partial charge in [-0.15, -0.1) is 0 Å². The molecule has 0 aliphatic rings. The van der Waals surface area contributed by atoms with Crippen molar-refractivity contribution < 1.29 is 4.68 Å². The molecule has 0 saturated heterocycles. The summed E-state index contributed by atoms with van der Waals surface area (Å²) in [5, 5.41) is 9.17. The third kappa shape index (κ3) is 4.52. The topological polar surface area (TPSA) is 98.7 Å². The van der Waals surface area contributed by atoms with Crippen LogP contribution in [0.3, 0.4) is 0 Å². The van der Waals surface area contributed by atoms with E-state index in [2.05, 4.69) is 22.0 Å². The minimum atomic E-state index is 0.616. The van der Waals surface area contributed by atoms with Crippen molar-refractivity contribution in [3.05, 3.63) is 115 Å². The van der Waals surface area contributed by atoms with Gasteiger partial charge < -0.3 is 5.73 Å². The molecule has 8 nitrogen and oxygen atoms in total. The number of rotatable bonds is 6. The second kappa shape index (κ2) is 10.1. The van der Waals surface area contributed by atoms with E-state index in [1.165, 1.54) is 6.20 Å². The van der Waals surface area contributed by atoms with Gasteiger partial charge in [0.05, 0.1) is 28.3 Å². The molecule has 0 aliphatic carbocycles. The van der Waals surface area contributed by atoms with Crippen LogP contribution >= 0.6 is 0 Å². The molecule has 0 unspecified atom stereocenters. The minimum Gasteiger partial charge on any atom is -0.405 e. The van der Waals surface area contributed by atoms with Gasteiger partial charge in [0.2, 0.25) is 11.9 Å². The number of hydrogen-bond donors (Lipinski definition) is 1. The van der Waals surface area contributed by atoms with Gasteiger partial charge in [-0.2, -0.15) is 5.10 Å². The summed E-state index contributed by atoms with van der Waals surface area (Å²) in [5.41, 5.74) is 13.6. The van der Waals surface area contributed by atoms with Gasteiger partial charge in [0.25, 0.3) is 0 Å². The van der Waals surface area contributed by atoms with E-state index in [1.54, 1.807) is 23.2 Å². The number of pyridine rings is 4. The molecule has 0 bridgehead atoms. The van der Waals surface area contributed by atoms with E-state index in [4.69, 9.17) is 15.8 Å². The van der Waals surface area contributed by atoms with Crippen molar-refractivity contribution in [2.24, 2.45) is 17.9 Å². The maximum atomic E-state index is 5.81. The van der Waals surface area contributed by atoms with E-state index in [9.17, 15) is 0 Å². The van der Waals surface area contributed by atoms with E-state index < -0.39 is 0 Å². The summed E-state index contributed by atoms with van der Waals surface area (Å²) < 4.78 is 3.61. The molecule has 5 aromatic heterocycles. The molecule has 0 radical (unpaired) electrons. The molecule has 0 amide bonds. The van der Waals surface area contributed by atoms with E-state index in [0.717, 1.165) is 39.5 Å². The predicted octanol–water partition coefficient (Wildman–Crippen LogP) is 3.93. The van der Waals surface area contributed by atoms with Crippen LogP contribution in [0.15, 0.2) is 109 Å². The molecule has 0 aliphatic heterocycles. The van der Waals surface area contributed by atoms with Crippen molar-refractivity contribution in [1.29, 1.82) is 0 Å². The van der Waals surface area contributed by atoms with Crippen LogP contribution in [0.5, 0.6) is 0 Å². The Morgan fingerprint density at radius 2 is 1.78 bits per heavy atom. The molecular weight excluding hydrogens is 448 g/mol. The average Bonchev–Trinajstić information content (AvgIpc) is 3.35. The molecule has 0 atom stereocenters. The Labute approximate surface area is 209 Å². The van der Waals surface area contributed by atoms with Gasteiger partial charge in [-0.05, 0) is 61.2 Å². The summed E-state index contributed by atoms with van der Waals surface area (Å²) in [5.74, 6) is 0. The fourth-order valence-electron chi connectivity index (χ4n) is 4.02. The minimum absolute atomic E-state index is 0.616. The van der Waals surface area contributed by atoms with Crippen LogP contribution in [0.4, 0.5) is 0 Å². The molecular formula is C28H25N8+. The van der Waals surface area contributed by atoms with Gasteiger partial charge in [0, 0.05) is 54.6 Å². The van der Waals surface area contributed by atoms with Crippen LogP contribution in [0.1, 0.15) is 11.3 Å². The number of aryl methyl sites for hydroxylation is 1. The second-order valence-corrected chi connectivity index (χ2v) is 8.10. The summed E-state index contributed by atoms with van der Waals surface area (Å²) in [4.78, 5) is 13.8. The maximum absolute atomic E-state index is 5.81. The number of aromatic nitrogens is 6. The van der Waals surface area contributed by atoms with E-state index >= 15 is 0 Å². The van der Waals surface area contributed by atoms with Crippen molar-refractivity contribution in [2.45, 2.75) is 6.92 Å². The van der Waals surface area contributed by atoms with Crippen LogP contribution in [0.25, 0.3) is 33.9 Å². The summed E-state index contributed by atoms with van der Waals surface area (Å²) in [6.07, 6.45) is 12.3. The van der Waals surface area contributed by atoms with Crippen molar-refractivity contribution in [2.75, 3.05) is 0 Å². The molecule has 5 heterocycles. The number of hydrogen-bond acceptors (Lipinski definition) is 6. The van der Waals surface area contributed by atoms with Crippen LogP contribution in [-0.4, -0.2) is 30.4 Å². The van der Waals surface area contributed by atoms with Gasteiger partial charge >= 0.3 is 0 Å². The normalized spacial score (nSPS) is 11.8. The summed E-state index contributed by atoms with van der Waals surface area (Å²) >= 11 is 0. The lowest BCUT2D eigenvalue weighted by atomic mass is 10.0. The SMILES string of the molecule is Cc1c(-c2ccccn2)cncc1-c1cccc[n+]1/N=C(/C=C\N)c1cccc(-c2ccnn2C)n1. The van der Waals surface area contributed by atoms with Crippen molar-refractivity contribution in [3.63, 3.8) is 0 Å². The van der Waals surface area contributed by atoms with Gasteiger partial charge in [0.15, 0.2) is 5.71 Å². The lowest BCUT2D eigenvalue weighted by molar-refractivity contribution is -0.667. The largest absolute Gasteiger partial charge is 0.405 e. The Bertz CT molecular complexity index is 1570. The van der Waals surface area contributed by atoms with E-state index in [-0.39, 0.29) is 0 Å². The van der Waals surface area contributed by atoms with Crippen molar-refractivity contribution in [1.82, 2.24) is 24.7 Å². The molecule has 2 N–H and O–H groups in total. The van der Waals surface area contributed by atoms with Crippen LogP contribution < -0.4 is 10.4 Å². The number of nitrogens with zero attached hydrogens (tertiary/aromatic N) is 7. The molecule has 5 rings (SSSR count). The highest BCUT2D eigenvalue weighted by molar-refractivity contribution is 6.07. The van der Waals surface area contributed by atoms with Gasteiger partial charge in [-0.25, -0.2) is 4.98 Å². The smallest absolute Gasteiger partial charge is 0.247 e. The maximum Gasteiger partial charge on any atom is 0.247 e. The molecule has 8 heteroatoms. The molecule has 0 fully saturated rings. The first-order chi connectivity index (χ1) is 17.7. The summed E-state index contributed by atoms with van der Waals surface area (Å²) in [6.45, 7) is 2.07. The molecule has 0 aromatic carbocycles. The monoisotopic (exact) mass is 473 g/mol. The Morgan fingerprint density at radius 1 is 0.944 bits per heavy atom. The lowest BCUT2D eigenvalue weighted by Gasteiger charge is -2.09. The third-order valence-corrected chi connectivity index (χ3v) is 5.84. The van der Waals surface area contributed by atoms with Crippen LogP contribution in [0, 0.1) is 6.92 Å². The first kappa shape index (κ1) is 22.8. The molecule has 36 heavy (non-hydrogen) atoms. The van der Waals surface area contributed by atoms with Gasteiger partial charge in [-0.1, -0.05) is 16.8 Å². The fraction of sp³-hybridized carbons (Fsp3) is 0.0714. The van der Waals surface area contributed by atoms with Gasteiger partial charge in [-0.3, -0.25) is 14.6 Å². The first-order valence-corrected chi connectivity index (χ1v) is 11.5. The standard InChI is InChI=1S/C28H25N8/c1-20-21(23-8-3-5-15-31-23)18-30-19-22(20)27-11-4-6-17-36(27)34-25(12-14-29)24-9-7-10-26(33-24)28-13-16-32-35(28)2/h3-19H,29H2,1-2H3/q+1/b14-12-,34-25-.